The fraction of sp³-hybridized carbons (Fsp3) is 0.286. The van der Waals surface area contributed by atoms with Crippen molar-refractivity contribution in [1.82, 2.24) is 4.57 Å². The van der Waals surface area contributed by atoms with E-state index < -0.39 is 0 Å². The molecule has 0 amide bonds. The lowest BCUT2D eigenvalue weighted by Crippen LogP contribution is -2.04. The van der Waals surface area contributed by atoms with Crippen LogP contribution in [0.2, 0.25) is 0 Å². The summed E-state index contributed by atoms with van der Waals surface area (Å²) in [6, 6.07) is 16.7. The first kappa shape index (κ1) is 16.3. The fourth-order valence-electron chi connectivity index (χ4n) is 3.17. The number of aryl methyl sites for hydroxylation is 3. The van der Waals surface area contributed by atoms with Crippen LogP contribution in [0.15, 0.2) is 54.7 Å². The van der Waals surface area contributed by atoms with Crippen molar-refractivity contribution < 1.29 is 9.53 Å². The molecule has 0 saturated heterocycles. The Morgan fingerprint density at radius 2 is 1.92 bits per heavy atom. The molecule has 0 saturated carbocycles. The molecule has 0 fully saturated rings. The van der Waals surface area contributed by atoms with Crippen LogP contribution in [-0.2, 0) is 17.7 Å². The second-order valence-corrected chi connectivity index (χ2v) is 6.17. The standard InChI is InChI=1S/C21H23NO2/c1-16-15-17(10-11-19(16)21(23)24-2)7-5-6-13-22-14-12-18-8-3-4-9-20(18)22/h3-4,8-12,14-15H,5-7,13H2,1-2H3. The van der Waals surface area contributed by atoms with Gasteiger partial charge in [-0.05, 0) is 60.9 Å². The minimum Gasteiger partial charge on any atom is -0.465 e. The van der Waals surface area contributed by atoms with E-state index in [1.807, 2.05) is 19.1 Å². The Balaban J connectivity index is 1.55. The molecule has 0 atom stereocenters. The van der Waals surface area contributed by atoms with Crippen LogP contribution in [-0.4, -0.2) is 17.6 Å². The Hall–Kier alpha value is -2.55. The van der Waals surface area contributed by atoms with Crippen LogP contribution in [0.3, 0.4) is 0 Å². The van der Waals surface area contributed by atoms with Gasteiger partial charge in [0, 0.05) is 18.3 Å². The van der Waals surface area contributed by atoms with Gasteiger partial charge in [-0.25, -0.2) is 4.79 Å². The van der Waals surface area contributed by atoms with E-state index in [-0.39, 0.29) is 5.97 Å². The summed E-state index contributed by atoms with van der Waals surface area (Å²) < 4.78 is 7.11. The largest absolute Gasteiger partial charge is 0.465 e. The zero-order valence-corrected chi connectivity index (χ0v) is 14.3. The summed E-state index contributed by atoms with van der Waals surface area (Å²) in [6.07, 6.45) is 5.46. The van der Waals surface area contributed by atoms with Crippen LogP contribution in [0.5, 0.6) is 0 Å². The highest BCUT2D eigenvalue weighted by molar-refractivity contribution is 5.91. The number of aromatic nitrogens is 1. The van der Waals surface area contributed by atoms with Gasteiger partial charge in [-0.15, -0.1) is 0 Å². The van der Waals surface area contributed by atoms with Gasteiger partial charge < -0.3 is 9.30 Å². The molecule has 0 aliphatic heterocycles. The SMILES string of the molecule is COC(=O)c1ccc(CCCCn2ccc3ccccc32)cc1C. The lowest BCUT2D eigenvalue weighted by atomic mass is 10.0. The van der Waals surface area contributed by atoms with Crippen molar-refractivity contribution in [3.8, 4) is 0 Å². The summed E-state index contributed by atoms with van der Waals surface area (Å²) in [5, 5.41) is 1.30. The molecule has 0 aliphatic carbocycles. The molecule has 24 heavy (non-hydrogen) atoms. The lowest BCUT2D eigenvalue weighted by molar-refractivity contribution is 0.0600. The average molecular weight is 321 g/mol. The van der Waals surface area contributed by atoms with E-state index >= 15 is 0 Å². The summed E-state index contributed by atoms with van der Waals surface area (Å²) in [4.78, 5) is 11.6. The summed E-state index contributed by atoms with van der Waals surface area (Å²) in [7, 11) is 1.42. The van der Waals surface area contributed by atoms with Crippen molar-refractivity contribution in [2.45, 2.75) is 32.7 Å². The molecule has 0 bridgehead atoms. The van der Waals surface area contributed by atoms with Crippen LogP contribution in [0.4, 0.5) is 0 Å². The number of hydrogen-bond acceptors (Lipinski definition) is 2. The molecule has 0 N–H and O–H groups in total. The Morgan fingerprint density at radius 3 is 2.71 bits per heavy atom. The molecule has 1 heterocycles. The number of benzene rings is 2. The van der Waals surface area contributed by atoms with E-state index in [4.69, 9.17) is 4.74 Å². The third-order valence-corrected chi connectivity index (χ3v) is 4.49. The average Bonchev–Trinajstić information content (AvgIpc) is 3.01. The van der Waals surface area contributed by atoms with Gasteiger partial charge in [-0.2, -0.15) is 0 Å². The van der Waals surface area contributed by atoms with Gasteiger partial charge in [0.1, 0.15) is 0 Å². The number of nitrogens with zero attached hydrogens (tertiary/aromatic N) is 1. The number of unbranched alkanes of at least 4 members (excludes halogenated alkanes) is 1. The number of hydrogen-bond donors (Lipinski definition) is 0. The van der Waals surface area contributed by atoms with Gasteiger partial charge in [0.05, 0.1) is 12.7 Å². The van der Waals surface area contributed by atoms with Gasteiger partial charge in [0.25, 0.3) is 0 Å². The topological polar surface area (TPSA) is 31.2 Å². The maximum Gasteiger partial charge on any atom is 0.338 e. The first-order chi connectivity index (χ1) is 11.7. The zero-order chi connectivity index (χ0) is 16.9. The number of rotatable bonds is 6. The molecule has 3 heteroatoms. The van der Waals surface area contributed by atoms with Crippen LogP contribution >= 0.6 is 0 Å². The molecule has 124 valence electrons. The number of ether oxygens (including phenoxy) is 1. The minimum absolute atomic E-state index is 0.265. The van der Waals surface area contributed by atoms with Crippen molar-refractivity contribution >= 4 is 16.9 Å². The molecule has 2 aromatic carbocycles. The van der Waals surface area contributed by atoms with Gasteiger partial charge in [0.2, 0.25) is 0 Å². The van der Waals surface area contributed by atoms with Gasteiger partial charge in [0.15, 0.2) is 0 Å². The number of methoxy groups -OCH3 is 1. The maximum atomic E-state index is 11.6. The molecule has 0 spiro atoms. The van der Waals surface area contributed by atoms with Crippen molar-refractivity contribution in [3.05, 3.63) is 71.4 Å². The number of para-hydroxylation sites is 1. The first-order valence-electron chi connectivity index (χ1n) is 8.41. The smallest absolute Gasteiger partial charge is 0.338 e. The van der Waals surface area contributed by atoms with Crippen LogP contribution in [0, 0.1) is 6.92 Å². The van der Waals surface area contributed by atoms with Crippen LogP contribution in [0.25, 0.3) is 10.9 Å². The van der Waals surface area contributed by atoms with E-state index in [1.165, 1.54) is 23.6 Å². The molecular weight excluding hydrogens is 298 g/mol. The third kappa shape index (κ3) is 3.51. The summed E-state index contributed by atoms with van der Waals surface area (Å²) in [6.45, 7) is 2.99. The second kappa shape index (κ2) is 7.35. The van der Waals surface area contributed by atoms with E-state index in [1.54, 1.807) is 0 Å². The minimum atomic E-state index is -0.265. The van der Waals surface area contributed by atoms with Crippen LogP contribution < -0.4 is 0 Å². The third-order valence-electron chi connectivity index (χ3n) is 4.49. The molecule has 1 aromatic heterocycles. The number of carbonyl (C=O) groups excluding carboxylic acids is 1. The Labute approximate surface area is 142 Å². The van der Waals surface area contributed by atoms with Gasteiger partial charge >= 0.3 is 5.97 Å². The Kier molecular flexibility index (Phi) is 4.99. The monoisotopic (exact) mass is 321 g/mol. The molecule has 0 aliphatic rings. The summed E-state index contributed by atoms with van der Waals surface area (Å²) in [5.74, 6) is -0.265. The number of carbonyl (C=O) groups is 1. The molecular formula is C21H23NO2. The highest BCUT2D eigenvalue weighted by atomic mass is 16.5. The van der Waals surface area contributed by atoms with Crippen molar-refractivity contribution in [2.75, 3.05) is 7.11 Å². The fourth-order valence-corrected chi connectivity index (χ4v) is 3.17. The van der Waals surface area contributed by atoms with Crippen molar-refractivity contribution in [1.29, 1.82) is 0 Å². The molecule has 0 radical (unpaired) electrons. The molecule has 3 aromatic rings. The van der Waals surface area contributed by atoms with Crippen molar-refractivity contribution in [2.24, 2.45) is 0 Å². The highest BCUT2D eigenvalue weighted by Gasteiger charge is 2.09. The number of esters is 1. The van der Waals surface area contributed by atoms with E-state index in [9.17, 15) is 4.79 Å². The predicted molar refractivity (Wildman–Crippen MR) is 97.4 cm³/mol. The Bertz CT molecular complexity index is 848. The lowest BCUT2D eigenvalue weighted by Gasteiger charge is -2.08. The predicted octanol–water partition coefficient (Wildman–Crippen LogP) is 4.76. The summed E-state index contributed by atoms with van der Waals surface area (Å²) in [5.41, 5.74) is 4.21. The second-order valence-electron chi connectivity index (χ2n) is 6.17. The van der Waals surface area contributed by atoms with Crippen LogP contribution in [0.1, 0.15) is 34.3 Å². The van der Waals surface area contributed by atoms with Gasteiger partial charge in [-0.1, -0.05) is 30.3 Å². The maximum absolute atomic E-state index is 11.6. The van der Waals surface area contributed by atoms with E-state index in [0.29, 0.717) is 5.56 Å². The molecule has 0 unspecified atom stereocenters. The highest BCUT2D eigenvalue weighted by Crippen LogP contribution is 2.17. The quantitative estimate of drug-likeness (QED) is 0.484. The molecule has 3 rings (SSSR count). The van der Waals surface area contributed by atoms with E-state index in [0.717, 1.165) is 31.4 Å². The number of fused-ring (bicyclic) bond motifs is 1. The Morgan fingerprint density at radius 1 is 1.08 bits per heavy atom. The zero-order valence-electron chi connectivity index (χ0n) is 14.3. The first-order valence-corrected chi connectivity index (χ1v) is 8.41. The van der Waals surface area contributed by atoms with E-state index in [2.05, 4.69) is 47.2 Å². The van der Waals surface area contributed by atoms with Gasteiger partial charge in [-0.3, -0.25) is 0 Å². The molecule has 3 nitrogen and oxygen atoms in total. The normalized spacial score (nSPS) is 10.9. The van der Waals surface area contributed by atoms with Crippen molar-refractivity contribution in [3.63, 3.8) is 0 Å². The summed E-state index contributed by atoms with van der Waals surface area (Å²) >= 11 is 0.